The van der Waals surface area contributed by atoms with E-state index in [1.807, 2.05) is 76.4 Å². The second-order valence-electron chi connectivity index (χ2n) is 7.73. The molecule has 0 atom stereocenters. The van der Waals surface area contributed by atoms with Gasteiger partial charge in [0.1, 0.15) is 28.8 Å². The Kier molecular flexibility index (Phi) is 6.69. The molecule has 0 aliphatic carbocycles. The van der Waals surface area contributed by atoms with Crippen molar-refractivity contribution in [2.45, 2.75) is 39.8 Å². The third-order valence-corrected chi connectivity index (χ3v) is 4.49. The summed E-state index contributed by atoms with van der Waals surface area (Å²) in [5.41, 5.74) is 16.2. The number of rotatable bonds is 7. The van der Waals surface area contributed by atoms with Gasteiger partial charge < -0.3 is 16.2 Å². The van der Waals surface area contributed by atoms with E-state index in [1.165, 1.54) is 0 Å². The van der Waals surface area contributed by atoms with E-state index >= 15 is 0 Å². The van der Waals surface area contributed by atoms with Crippen molar-refractivity contribution in [3.05, 3.63) is 59.8 Å². The molecule has 31 heavy (non-hydrogen) atoms. The SMILES string of the molecule is COc1cc(C(N)=NC(C)C)ccc1-n1cc(-c2ccc(C(N)=NC(C)C)cc2)nn1. The van der Waals surface area contributed by atoms with Gasteiger partial charge in [0.15, 0.2) is 0 Å². The molecule has 0 spiro atoms. The number of hydrogen-bond acceptors (Lipinski definition) is 5. The van der Waals surface area contributed by atoms with Crippen LogP contribution in [0.4, 0.5) is 0 Å². The number of methoxy groups -OCH3 is 1. The summed E-state index contributed by atoms with van der Waals surface area (Å²) in [6.45, 7) is 7.94. The number of benzene rings is 2. The lowest BCUT2D eigenvalue weighted by molar-refractivity contribution is 0.411. The molecule has 0 aliphatic heterocycles. The Balaban J connectivity index is 1.88. The lowest BCUT2D eigenvalue weighted by Crippen LogP contribution is -2.16. The van der Waals surface area contributed by atoms with Gasteiger partial charge in [-0.15, -0.1) is 5.10 Å². The van der Waals surface area contributed by atoms with E-state index in [9.17, 15) is 0 Å². The average molecular weight is 420 g/mol. The summed E-state index contributed by atoms with van der Waals surface area (Å²) in [5.74, 6) is 1.62. The maximum atomic E-state index is 6.09. The number of aliphatic imine (C=N–C) groups is 2. The van der Waals surface area contributed by atoms with Gasteiger partial charge in [0.25, 0.3) is 0 Å². The second kappa shape index (κ2) is 9.42. The smallest absolute Gasteiger partial charge is 0.145 e. The number of nitrogens with two attached hydrogens (primary N) is 2. The zero-order valence-electron chi connectivity index (χ0n) is 18.6. The van der Waals surface area contributed by atoms with E-state index in [4.69, 9.17) is 16.2 Å². The predicted octanol–water partition coefficient (Wildman–Crippen LogP) is 3.17. The molecule has 0 fully saturated rings. The molecule has 3 aromatic rings. The highest BCUT2D eigenvalue weighted by molar-refractivity contribution is 5.98. The van der Waals surface area contributed by atoms with Gasteiger partial charge in [0, 0.05) is 28.8 Å². The van der Waals surface area contributed by atoms with Crippen molar-refractivity contribution in [2.75, 3.05) is 7.11 Å². The molecule has 1 aromatic heterocycles. The van der Waals surface area contributed by atoms with Gasteiger partial charge in [-0.05, 0) is 45.9 Å². The van der Waals surface area contributed by atoms with Crippen LogP contribution in [0.15, 0.2) is 58.6 Å². The second-order valence-corrected chi connectivity index (χ2v) is 7.73. The van der Waals surface area contributed by atoms with Crippen LogP contribution in [0.5, 0.6) is 5.75 Å². The van der Waals surface area contributed by atoms with Crippen molar-refractivity contribution >= 4 is 11.7 Å². The van der Waals surface area contributed by atoms with E-state index in [1.54, 1.807) is 11.8 Å². The van der Waals surface area contributed by atoms with Crippen LogP contribution in [0.25, 0.3) is 16.9 Å². The fraction of sp³-hybridized carbons (Fsp3) is 0.304. The molecule has 8 heteroatoms. The van der Waals surface area contributed by atoms with Crippen LogP contribution in [-0.4, -0.2) is 45.9 Å². The molecular formula is C23H29N7O. The van der Waals surface area contributed by atoms with Crippen molar-refractivity contribution in [1.82, 2.24) is 15.0 Å². The molecule has 0 amide bonds. The predicted molar refractivity (Wildman–Crippen MR) is 125 cm³/mol. The van der Waals surface area contributed by atoms with Crippen molar-refractivity contribution in [1.29, 1.82) is 0 Å². The van der Waals surface area contributed by atoms with Crippen molar-refractivity contribution < 1.29 is 4.74 Å². The van der Waals surface area contributed by atoms with Gasteiger partial charge >= 0.3 is 0 Å². The molecular weight excluding hydrogens is 390 g/mol. The number of amidine groups is 2. The summed E-state index contributed by atoms with van der Waals surface area (Å²) in [4.78, 5) is 8.77. The Morgan fingerprint density at radius 3 is 2.06 bits per heavy atom. The van der Waals surface area contributed by atoms with E-state index in [2.05, 4.69) is 20.3 Å². The molecule has 8 nitrogen and oxygen atoms in total. The summed E-state index contributed by atoms with van der Waals surface area (Å²) in [6.07, 6.45) is 1.85. The highest BCUT2D eigenvalue weighted by Gasteiger charge is 2.12. The molecule has 1 heterocycles. The minimum absolute atomic E-state index is 0.113. The Bertz CT molecular complexity index is 1100. The fourth-order valence-electron chi connectivity index (χ4n) is 3.06. The van der Waals surface area contributed by atoms with Crippen LogP contribution in [0, 0.1) is 0 Å². The van der Waals surface area contributed by atoms with Gasteiger partial charge in [-0.3, -0.25) is 9.98 Å². The molecule has 4 N–H and O–H groups in total. The van der Waals surface area contributed by atoms with E-state index in [0.29, 0.717) is 17.4 Å². The molecule has 3 rings (SSSR count). The van der Waals surface area contributed by atoms with Crippen molar-refractivity contribution in [2.24, 2.45) is 21.5 Å². The lowest BCUT2D eigenvalue weighted by Gasteiger charge is -2.10. The number of nitrogens with zero attached hydrogens (tertiary/aromatic N) is 5. The quantitative estimate of drug-likeness (QED) is 0.451. The third-order valence-electron chi connectivity index (χ3n) is 4.49. The first kappa shape index (κ1) is 22.0. The van der Waals surface area contributed by atoms with E-state index in [-0.39, 0.29) is 12.1 Å². The molecule has 0 radical (unpaired) electrons. The van der Waals surface area contributed by atoms with Gasteiger partial charge in [0.05, 0.1) is 13.3 Å². The molecule has 0 unspecified atom stereocenters. The monoisotopic (exact) mass is 419 g/mol. The third kappa shape index (κ3) is 5.28. The largest absolute Gasteiger partial charge is 0.494 e. The first-order valence-corrected chi connectivity index (χ1v) is 10.2. The molecule has 0 saturated heterocycles. The Morgan fingerprint density at radius 1 is 0.903 bits per heavy atom. The molecule has 0 aliphatic rings. The number of hydrogen-bond donors (Lipinski definition) is 2. The van der Waals surface area contributed by atoms with Crippen LogP contribution in [0.2, 0.25) is 0 Å². The minimum Gasteiger partial charge on any atom is -0.494 e. The maximum absolute atomic E-state index is 6.09. The Hall–Kier alpha value is -3.68. The molecule has 2 aromatic carbocycles. The van der Waals surface area contributed by atoms with Crippen LogP contribution < -0.4 is 16.2 Å². The highest BCUT2D eigenvalue weighted by atomic mass is 16.5. The zero-order chi connectivity index (χ0) is 22.5. The molecule has 162 valence electrons. The standard InChI is InChI=1S/C23H29N7O/c1-14(2)26-22(24)17-8-6-16(7-9-17)19-13-30(29-28-19)20-11-10-18(12-21(20)31-5)23(25)27-15(3)4/h6-15H,1-5H3,(H2,24,26)(H2,25,27). The summed E-state index contributed by atoms with van der Waals surface area (Å²) in [7, 11) is 1.61. The van der Waals surface area contributed by atoms with Gasteiger partial charge in [-0.2, -0.15) is 0 Å². The van der Waals surface area contributed by atoms with Crippen LogP contribution in [0.3, 0.4) is 0 Å². The van der Waals surface area contributed by atoms with Gasteiger partial charge in [-0.1, -0.05) is 29.5 Å². The Labute approximate surface area is 182 Å². The first-order chi connectivity index (χ1) is 14.8. The normalized spacial score (nSPS) is 12.6. The number of ether oxygens (including phenoxy) is 1. The average Bonchev–Trinajstić information content (AvgIpc) is 3.22. The molecule has 0 bridgehead atoms. The van der Waals surface area contributed by atoms with Crippen LogP contribution in [-0.2, 0) is 0 Å². The van der Waals surface area contributed by atoms with Crippen LogP contribution >= 0.6 is 0 Å². The van der Waals surface area contributed by atoms with Gasteiger partial charge in [0.2, 0.25) is 0 Å². The number of aromatic nitrogens is 3. The highest BCUT2D eigenvalue weighted by Crippen LogP contribution is 2.26. The Morgan fingerprint density at radius 2 is 1.48 bits per heavy atom. The van der Waals surface area contributed by atoms with Crippen LogP contribution in [0.1, 0.15) is 38.8 Å². The first-order valence-electron chi connectivity index (χ1n) is 10.2. The minimum atomic E-state index is 0.113. The van der Waals surface area contributed by atoms with Crippen molar-refractivity contribution in [3.8, 4) is 22.7 Å². The lowest BCUT2D eigenvalue weighted by atomic mass is 10.1. The summed E-state index contributed by atoms with van der Waals surface area (Å²) >= 11 is 0. The molecule has 0 saturated carbocycles. The summed E-state index contributed by atoms with van der Waals surface area (Å²) in [6, 6.07) is 13.7. The fourth-order valence-corrected chi connectivity index (χ4v) is 3.06. The topological polar surface area (TPSA) is 117 Å². The van der Waals surface area contributed by atoms with E-state index in [0.717, 1.165) is 28.1 Å². The van der Waals surface area contributed by atoms with Crippen molar-refractivity contribution in [3.63, 3.8) is 0 Å². The zero-order valence-corrected chi connectivity index (χ0v) is 18.6. The summed E-state index contributed by atoms with van der Waals surface area (Å²) in [5, 5.41) is 8.57. The van der Waals surface area contributed by atoms with E-state index < -0.39 is 0 Å². The summed E-state index contributed by atoms with van der Waals surface area (Å²) < 4.78 is 7.23. The van der Waals surface area contributed by atoms with Gasteiger partial charge in [-0.25, -0.2) is 4.68 Å². The maximum Gasteiger partial charge on any atom is 0.145 e.